The van der Waals surface area contributed by atoms with Crippen LogP contribution in [-0.4, -0.2) is 168 Å². The van der Waals surface area contributed by atoms with Gasteiger partial charge in [0.15, 0.2) is 11.4 Å². The molecule has 5 heterocycles. The number of ether oxygens (including phenoxy) is 5. The van der Waals surface area contributed by atoms with E-state index in [0.29, 0.717) is 43.4 Å². The van der Waals surface area contributed by atoms with Gasteiger partial charge in [0.1, 0.15) is 54.5 Å². The highest BCUT2D eigenvalue weighted by Gasteiger charge is 2.47. The van der Waals surface area contributed by atoms with Crippen molar-refractivity contribution in [3.05, 3.63) is 141 Å². The van der Waals surface area contributed by atoms with E-state index in [-0.39, 0.29) is 95.2 Å². The average molecular weight is 1740 g/mol. The van der Waals surface area contributed by atoms with Gasteiger partial charge in [-0.25, -0.2) is 13.7 Å². The molecule has 5 aromatic rings. The molecule has 0 spiro atoms. The number of rotatable bonds is 45. The van der Waals surface area contributed by atoms with E-state index >= 15 is 0 Å². The van der Waals surface area contributed by atoms with Crippen LogP contribution in [-0.2, 0) is 76.3 Å². The number of allylic oxidation sites excluding steroid dienone is 6. The molecular formula is C76H106N8O22P3S5+. The molecule has 626 valence electrons. The van der Waals surface area contributed by atoms with E-state index in [4.69, 9.17) is 43.7 Å². The van der Waals surface area contributed by atoms with Crippen LogP contribution < -0.4 is 31.6 Å². The van der Waals surface area contributed by atoms with Crippen molar-refractivity contribution in [1.82, 2.24) is 25.2 Å². The number of aromatic nitrogens is 3. The number of fused-ring (bicyclic) bond motifs is 3. The molecule has 8 atom stereocenters. The standard InChI is InChI=1S/C76H105N8O22P3S5/c1-12-14-39-82-60-34-32-51(3)43-58(60)75(8,9)64(82)30-19-16-20-31-65-76(10,59-45-57(114(96,97)98)33-35-61(59)83(65)40-15-13-2)36-21-17-18-27-55(85)28-24-38-79-71(87)53-25-22-29-56(44-53)101-50-68(112-113-74(5,6)7)100-42-41-99-49-66(86)78-37-23-26-54-47-84(70-69(54)72(88)81-73(77)80-70)67-46-62(103-52(4)111-110-11)63(104-67)48-102-108(92,93)106-109(94,95)105-107(89,90)91/h16,19-20,22,25,29-35,43-45,47,52,62-63,67-68H,12-15,17-18,21,24,27-28,36-42,46,48-50H2,1-11H3,(H9-,77,78,79,80,81,86,87,88,89,90,91,92,93,94,95,96,97,98)/p+1/t52-,62-,63-,67-,68?,76?/m1/s1. The Hall–Kier alpha value is -5.90. The van der Waals surface area contributed by atoms with Crippen LogP contribution in [0.1, 0.15) is 178 Å². The van der Waals surface area contributed by atoms with Crippen LogP contribution in [0.25, 0.3) is 11.0 Å². The van der Waals surface area contributed by atoms with E-state index in [0.717, 1.165) is 68.6 Å². The van der Waals surface area contributed by atoms with Gasteiger partial charge in [-0.1, -0.05) is 151 Å². The highest BCUT2D eigenvalue weighted by atomic mass is 33.1. The maximum Gasteiger partial charge on any atom is 0.490 e. The van der Waals surface area contributed by atoms with Crippen molar-refractivity contribution in [3.63, 3.8) is 0 Å². The van der Waals surface area contributed by atoms with Crippen molar-refractivity contribution in [2.75, 3.05) is 76.1 Å². The average Bonchev–Trinajstić information content (AvgIpc) is 1.60. The van der Waals surface area contributed by atoms with Gasteiger partial charge in [0.05, 0.1) is 53.7 Å². The van der Waals surface area contributed by atoms with E-state index in [2.05, 4.69) is 161 Å². The van der Waals surface area contributed by atoms with E-state index in [1.807, 2.05) is 6.26 Å². The predicted octanol–water partition coefficient (Wildman–Crippen LogP) is 13.8. The zero-order chi connectivity index (χ0) is 83.4. The molecule has 0 bridgehead atoms. The molecule has 3 aliphatic rings. The lowest BCUT2D eigenvalue weighted by Crippen LogP contribution is -2.30. The summed E-state index contributed by atoms with van der Waals surface area (Å²) >= 11 is 0. The monoisotopic (exact) mass is 1740 g/mol. The number of H-pyrrole nitrogens is 1. The molecular weight excluding hydrogens is 1630 g/mol. The fraction of sp³-hybridized carbons (Fsp3) is 0.526. The van der Waals surface area contributed by atoms with E-state index in [9.17, 15) is 55.6 Å². The number of phosphoric ester groups is 1. The van der Waals surface area contributed by atoms with Crippen LogP contribution in [0.5, 0.6) is 5.75 Å². The highest BCUT2D eigenvalue weighted by Crippen LogP contribution is 2.66. The number of ketones is 1. The van der Waals surface area contributed by atoms with Gasteiger partial charge in [-0.05, 0) is 121 Å². The maximum atomic E-state index is 13.4. The Kier molecular flexibility index (Phi) is 34.6. The van der Waals surface area contributed by atoms with Gasteiger partial charge in [0.2, 0.25) is 17.5 Å². The third-order valence-electron chi connectivity index (χ3n) is 18.7. The first-order chi connectivity index (χ1) is 53.7. The Labute approximate surface area is 682 Å². The molecule has 114 heavy (non-hydrogen) atoms. The summed E-state index contributed by atoms with van der Waals surface area (Å²) in [5.41, 5.74) is 11.9. The summed E-state index contributed by atoms with van der Waals surface area (Å²) < 4.78 is 118. The number of unbranched alkanes of at least 4 members (excludes halogenated alkanes) is 4. The molecule has 30 nitrogen and oxygen atoms in total. The molecule has 38 heteroatoms. The number of benzene rings is 3. The number of Topliss-reactive ketones (excluding diaryl/α,β-unsaturated/α-hetero) is 1. The van der Waals surface area contributed by atoms with Crippen LogP contribution >= 0.6 is 66.6 Å². The Balaban J connectivity index is 0.780. The second-order valence-electron chi connectivity index (χ2n) is 29.2. The van der Waals surface area contributed by atoms with E-state index < -0.39 is 86.4 Å². The zero-order valence-corrected chi connectivity index (χ0v) is 72.7. The number of carbonyl (C=O) groups is 3. The number of hydrogen-bond donors (Lipinski definition) is 9. The van der Waals surface area contributed by atoms with Crippen LogP contribution in [0.2, 0.25) is 0 Å². The van der Waals surface area contributed by atoms with Gasteiger partial charge in [-0.2, -0.15) is 26.6 Å². The molecule has 1 saturated heterocycles. The third kappa shape index (κ3) is 27.3. The van der Waals surface area contributed by atoms with Crippen molar-refractivity contribution in [1.29, 1.82) is 0 Å². The van der Waals surface area contributed by atoms with Gasteiger partial charge in [-0.3, -0.25) is 33.2 Å². The van der Waals surface area contributed by atoms with Crippen molar-refractivity contribution >= 4 is 128 Å². The lowest BCUT2D eigenvalue weighted by molar-refractivity contribution is -0.438. The van der Waals surface area contributed by atoms with Crippen LogP contribution in [0.3, 0.4) is 0 Å². The quantitative estimate of drug-likeness (QED) is 0.00255. The van der Waals surface area contributed by atoms with E-state index in [1.165, 1.54) is 71.7 Å². The number of anilines is 2. The number of hydrogen-bond acceptors (Lipinski definition) is 24. The fourth-order valence-corrected chi connectivity index (χ4v) is 20.5. The summed E-state index contributed by atoms with van der Waals surface area (Å²) in [4.78, 5) is 99.5. The number of nitrogens with one attached hydrogen (secondary N) is 3. The predicted molar refractivity (Wildman–Crippen MR) is 447 cm³/mol. The Bertz CT molecular complexity index is 4750. The van der Waals surface area contributed by atoms with Gasteiger partial charge >= 0.3 is 23.5 Å². The molecule has 0 saturated carbocycles. The molecule has 1 fully saturated rings. The number of nitrogens with two attached hydrogens (primary N) is 1. The molecule has 3 aromatic carbocycles. The van der Waals surface area contributed by atoms with Crippen molar-refractivity contribution < 1.29 is 102 Å². The normalized spacial score (nSPS) is 19.6. The first-order valence-electron chi connectivity index (χ1n) is 37.5. The first kappa shape index (κ1) is 93.6. The van der Waals surface area contributed by atoms with Crippen LogP contribution in [0.15, 0.2) is 113 Å². The Morgan fingerprint density at radius 1 is 0.912 bits per heavy atom. The lowest BCUT2D eigenvalue weighted by Gasteiger charge is -2.30. The van der Waals surface area contributed by atoms with Crippen molar-refractivity contribution in [2.24, 2.45) is 0 Å². The molecule has 2 amide bonds. The number of nitrogens with zero attached hydrogens (tertiary/aromatic N) is 4. The minimum atomic E-state index is -5.82. The number of nitrogen functional groups attached to an aromatic ring is 1. The Morgan fingerprint density at radius 2 is 1.67 bits per heavy atom. The maximum absolute atomic E-state index is 13.4. The SMILES string of the molecule is CCCCN1\C(=C/C=C/C=C/C2=[N+](CCCC)c3ccc(C)cc3C2(C)C)C(C)(CCCCCC(=O)CCCNC(=O)c2cccc(OCC(OCCOCC(=O)NCC#Cc3cn([C@H]4C[C@@H](O[C@@H](C)SSC)[C@@H](COP(=O)(O)OP(=O)(O)OP(=O)(O)O)O4)c4nc(N)[nH]c(=O)c34)SSC(C)(C)C)c2)c2cc(S(=O)(=O)O)ccc21. The summed E-state index contributed by atoms with van der Waals surface area (Å²) in [5.74, 6) is 5.11. The number of aromatic amines is 1. The van der Waals surface area contributed by atoms with Gasteiger partial charge < -0.3 is 69.1 Å². The number of aryl methyl sites for hydroxylation is 1. The number of amides is 2. The molecule has 4 unspecified atom stereocenters. The summed E-state index contributed by atoms with van der Waals surface area (Å²) in [7, 11) is -15.7. The second kappa shape index (κ2) is 42.2. The number of phosphoric acid groups is 3. The minimum absolute atomic E-state index is 0.00308. The molecule has 3 aliphatic heterocycles. The molecule has 0 radical (unpaired) electrons. The number of carbonyl (C=O) groups excluding carboxylic acids is 3. The molecule has 2 aromatic heterocycles. The highest BCUT2D eigenvalue weighted by molar-refractivity contribution is 8.77. The van der Waals surface area contributed by atoms with Gasteiger partial charge in [0.25, 0.3) is 21.6 Å². The third-order valence-corrected chi connectivity index (χ3v) is 28.8. The summed E-state index contributed by atoms with van der Waals surface area (Å²) in [5, 5.41) is 5.57. The Morgan fingerprint density at radius 3 is 2.39 bits per heavy atom. The lowest BCUT2D eigenvalue weighted by atomic mass is 9.77. The van der Waals surface area contributed by atoms with Crippen molar-refractivity contribution in [2.45, 2.75) is 196 Å². The largest absolute Gasteiger partial charge is 0.490 e. The first-order valence-corrected chi connectivity index (χ1v) is 48.3. The zero-order valence-electron chi connectivity index (χ0n) is 65.9. The molecule has 8 rings (SSSR count). The topological polar surface area (TPSA) is 419 Å². The summed E-state index contributed by atoms with van der Waals surface area (Å²) in [6.45, 7) is 21.9. The van der Waals surface area contributed by atoms with Gasteiger partial charge in [-0.15, -0.1) is 0 Å². The second-order valence-corrected chi connectivity index (χ2v) is 41.0. The van der Waals surface area contributed by atoms with Crippen LogP contribution in [0, 0.1) is 18.8 Å². The fourth-order valence-electron chi connectivity index (χ4n) is 13.4. The summed E-state index contributed by atoms with van der Waals surface area (Å²) in [6, 6.07) is 18.4. The molecule has 10 N–H and O–H groups in total. The van der Waals surface area contributed by atoms with Crippen LogP contribution in [0.4, 0.5) is 17.3 Å². The van der Waals surface area contributed by atoms with E-state index in [1.54, 1.807) is 54.1 Å². The minimum Gasteiger partial charge on any atom is -0.490 e. The molecule has 0 aliphatic carbocycles. The van der Waals surface area contributed by atoms with Gasteiger partial charge in [0, 0.05) is 89.8 Å². The summed E-state index contributed by atoms with van der Waals surface area (Å²) in [6.07, 6.45) is 18.7. The van der Waals surface area contributed by atoms with Crippen molar-refractivity contribution in [3.8, 4) is 17.6 Å². The smallest absolute Gasteiger partial charge is 0.490 e.